The van der Waals surface area contributed by atoms with Gasteiger partial charge in [0.1, 0.15) is 0 Å². The number of hydrogen-bond donors (Lipinski definition) is 0. The lowest BCUT2D eigenvalue weighted by molar-refractivity contribution is 0.0208. The van der Waals surface area contributed by atoms with E-state index in [9.17, 15) is 4.79 Å². The van der Waals surface area contributed by atoms with Gasteiger partial charge in [-0.3, -0.25) is 9.78 Å². The van der Waals surface area contributed by atoms with Crippen molar-refractivity contribution in [1.82, 2.24) is 9.88 Å². The highest BCUT2D eigenvalue weighted by Crippen LogP contribution is 2.41. The van der Waals surface area contributed by atoms with Crippen molar-refractivity contribution in [2.75, 3.05) is 13.2 Å². The first-order valence-corrected chi connectivity index (χ1v) is 7.65. The quantitative estimate of drug-likeness (QED) is 0.843. The molecule has 1 aromatic rings. The summed E-state index contributed by atoms with van der Waals surface area (Å²) in [5.41, 5.74) is 0.695. The van der Waals surface area contributed by atoms with Crippen LogP contribution in [0.3, 0.4) is 0 Å². The van der Waals surface area contributed by atoms with Gasteiger partial charge in [0.15, 0.2) is 0 Å². The maximum atomic E-state index is 12.6. The van der Waals surface area contributed by atoms with E-state index in [4.69, 9.17) is 4.74 Å². The second-order valence-corrected chi connectivity index (χ2v) is 6.35. The molecule has 2 saturated carbocycles. The Morgan fingerprint density at radius 3 is 3.00 bits per heavy atom. The number of carbonyl (C=O) groups is 1. The highest BCUT2D eigenvalue weighted by Gasteiger charge is 2.49. The van der Waals surface area contributed by atoms with E-state index >= 15 is 0 Å². The lowest BCUT2D eigenvalue weighted by Crippen LogP contribution is -2.40. The third-order valence-electron chi connectivity index (χ3n) is 4.90. The number of aromatic nitrogens is 1. The van der Waals surface area contributed by atoms with Crippen LogP contribution in [0, 0.1) is 11.8 Å². The molecule has 2 aliphatic carbocycles. The first kappa shape index (κ1) is 12.3. The van der Waals surface area contributed by atoms with E-state index in [1.54, 1.807) is 12.4 Å². The van der Waals surface area contributed by atoms with Gasteiger partial charge in [-0.25, -0.2) is 0 Å². The van der Waals surface area contributed by atoms with Gasteiger partial charge in [-0.2, -0.15) is 0 Å². The topological polar surface area (TPSA) is 42.4 Å². The largest absolute Gasteiger partial charge is 0.375 e. The molecule has 1 amide bonds. The lowest BCUT2D eigenvalue weighted by Gasteiger charge is -2.27. The first-order valence-electron chi connectivity index (χ1n) is 7.65. The minimum Gasteiger partial charge on any atom is -0.375 e. The Morgan fingerprint density at radius 1 is 1.35 bits per heavy atom. The van der Waals surface area contributed by atoms with Gasteiger partial charge in [-0.1, -0.05) is 0 Å². The summed E-state index contributed by atoms with van der Waals surface area (Å²) in [6.07, 6.45) is 8.57. The molecular weight excluding hydrogens is 252 g/mol. The summed E-state index contributed by atoms with van der Waals surface area (Å²) in [6.45, 7) is 1.75. The van der Waals surface area contributed by atoms with Crippen molar-refractivity contribution < 1.29 is 9.53 Å². The fourth-order valence-corrected chi connectivity index (χ4v) is 3.61. The molecule has 0 aromatic carbocycles. The Balaban J connectivity index is 1.46. The molecule has 4 heteroatoms. The third-order valence-corrected chi connectivity index (χ3v) is 4.90. The van der Waals surface area contributed by atoms with Gasteiger partial charge >= 0.3 is 0 Å². The predicted octanol–water partition coefficient (Wildman–Crippen LogP) is 2.11. The number of carbonyl (C=O) groups excluding carboxylic acids is 1. The zero-order chi connectivity index (χ0) is 13.5. The monoisotopic (exact) mass is 272 g/mol. The molecule has 1 aliphatic heterocycles. The molecule has 4 nitrogen and oxygen atoms in total. The van der Waals surface area contributed by atoms with Crippen LogP contribution in [-0.2, 0) is 4.74 Å². The molecule has 20 heavy (non-hydrogen) atoms. The number of hydrogen-bond acceptors (Lipinski definition) is 3. The summed E-state index contributed by atoms with van der Waals surface area (Å²) in [7, 11) is 0. The summed E-state index contributed by atoms with van der Waals surface area (Å²) in [5.74, 6) is 1.45. The molecule has 3 aliphatic rings. The number of fused-ring (bicyclic) bond motifs is 2. The summed E-state index contributed by atoms with van der Waals surface area (Å²) in [6, 6.07) is 3.95. The van der Waals surface area contributed by atoms with Gasteiger partial charge in [0, 0.05) is 31.5 Å². The molecule has 2 heterocycles. The van der Waals surface area contributed by atoms with E-state index < -0.39 is 0 Å². The molecule has 0 spiro atoms. The molecule has 3 fully saturated rings. The van der Waals surface area contributed by atoms with Crippen molar-refractivity contribution in [1.29, 1.82) is 0 Å². The number of nitrogens with zero attached hydrogens (tertiary/aromatic N) is 2. The van der Waals surface area contributed by atoms with Crippen molar-refractivity contribution in [3.05, 3.63) is 30.1 Å². The SMILES string of the molecule is O=C(c1cccnc1)N1CC2CCC1C2OCC1CC1. The van der Waals surface area contributed by atoms with Gasteiger partial charge in [0.05, 0.1) is 17.7 Å². The van der Waals surface area contributed by atoms with Crippen molar-refractivity contribution in [3.8, 4) is 0 Å². The van der Waals surface area contributed by atoms with Crippen LogP contribution in [0.1, 0.15) is 36.0 Å². The third kappa shape index (κ3) is 2.12. The molecule has 4 rings (SSSR count). The van der Waals surface area contributed by atoms with Crippen molar-refractivity contribution in [2.45, 2.75) is 37.8 Å². The normalized spacial score (nSPS) is 31.8. The minimum absolute atomic E-state index is 0.116. The summed E-state index contributed by atoms with van der Waals surface area (Å²) in [4.78, 5) is 18.6. The van der Waals surface area contributed by atoms with Gasteiger partial charge in [-0.15, -0.1) is 0 Å². The molecule has 1 saturated heterocycles. The Kier molecular flexibility index (Phi) is 2.99. The smallest absolute Gasteiger partial charge is 0.255 e. The van der Waals surface area contributed by atoms with Gasteiger partial charge in [0.2, 0.25) is 0 Å². The maximum absolute atomic E-state index is 12.6. The molecule has 106 valence electrons. The van der Waals surface area contributed by atoms with Crippen molar-refractivity contribution in [3.63, 3.8) is 0 Å². The Hall–Kier alpha value is -1.42. The van der Waals surface area contributed by atoms with E-state index in [1.807, 2.05) is 17.0 Å². The highest BCUT2D eigenvalue weighted by molar-refractivity contribution is 5.94. The van der Waals surface area contributed by atoms with E-state index in [1.165, 1.54) is 19.3 Å². The lowest BCUT2D eigenvalue weighted by atomic mass is 10.1. The molecule has 1 aromatic heterocycles. The van der Waals surface area contributed by atoms with Crippen molar-refractivity contribution in [2.24, 2.45) is 11.8 Å². The van der Waals surface area contributed by atoms with Gasteiger partial charge in [0.25, 0.3) is 5.91 Å². The fourth-order valence-electron chi connectivity index (χ4n) is 3.61. The van der Waals surface area contributed by atoms with Gasteiger partial charge < -0.3 is 9.64 Å². The second-order valence-electron chi connectivity index (χ2n) is 6.35. The average molecular weight is 272 g/mol. The van der Waals surface area contributed by atoms with Crippen LogP contribution in [-0.4, -0.2) is 41.1 Å². The molecular formula is C16H20N2O2. The minimum atomic E-state index is 0.116. The molecule has 3 unspecified atom stereocenters. The Labute approximate surface area is 119 Å². The molecule has 3 atom stereocenters. The van der Waals surface area contributed by atoms with Gasteiger partial charge in [-0.05, 0) is 43.7 Å². The summed E-state index contributed by atoms with van der Waals surface area (Å²) < 4.78 is 6.12. The van der Waals surface area contributed by atoms with Crippen LogP contribution in [0.4, 0.5) is 0 Å². The number of likely N-dealkylation sites (tertiary alicyclic amines) is 1. The van der Waals surface area contributed by atoms with Crippen molar-refractivity contribution >= 4 is 5.91 Å². The maximum Gasteiger partial charge on any atom is 0.255 e. The summed E-state index contributed by atoms with van der Waals surface area (Å²) in [5, 5.41) is 0. The number of piperidine rings is 1. The van der Waals surface area contributed by atoms with Crippen LogP contribution in [0.2, 0.25) is 0 Å². The fraction of sp³-hybridized carbons (Fsp3) is 0.625. The van der Waals surface area contributed by atoms with Crippen LogP contribution in [0.5, 0.6) is 0 Å². The van der Waals surface area contributed by atoms with Crippen LogP contribution >= 0.6 is 0 Å². The van der Waals surface area contributed by atoms with E-state index in [-0.39, 0.29) is 18.1 Å². The van der Waals surface area contributed by atoms with E-state index in [0.717, 1.165) is 25.5 Å². The first-order chi connectivity index (χ1) is 9.83. The molecule has 0 radical (unpaired) electrons. The summed E-state index contributed by atoms with van der Waals surface area (Å²) >= 11 is 0. The van der Waals surface area contributed by atoms with E-state index in [0.29, 0.717) is 11.5 Å². The van der Waals surface area contributed by atoms with Crippen LogP contribution in [0.15, 0.2) is 24.5 Å². The number of ether oxygens (including phenoxy) is 1. The second kappa shape index (κ2) is 4.85. The zero-order valence-corrected chi connectivity index (χ0v) is 11.6. The zero-order valence-electron chi connectivity index (χ0n) is 11.6. The van der Waals surface area contributed by atoms with Crippen LogP contribution < -0.4 is 0 Å². The number of rotatable bonds is 4. The number of pyridine rings is 1. The van der Waals surface area contributed by atoms with Crippen LogP contribution in [0.25, 0.3) is 0 Å². The molecule has 2 bridgehead atoms. The Bertz CT molecular complexity index is 500. The Morgan fingerprint density at radius 2 is 2.25 bits per heavy atom. The molecule has 0 N–H and O–H groups in total. The van der Waals surface area contributed by atoms with E-state index in [2.05, 4.69) is 4.98 Å². The standard InChI is InChI=1S/C16H20N2O2/c19-16(12-2-1-7-17-8-12)18-9-13-5-6-14(18)15(13)20-10-11-3-4-11/h1-2,7-8,11,13-15H,3-6,9-10H2. The predicted molar refractivity (Wildman–Crippen MR) is 74.2 cm³/mol. The number of amides is 1. The average Bonchev–Trinajstić information content (AvgIpc) is 3.18. The highest BCUT2D eigenvalue weighted by atomic mass is 16.5.